The molecule has 19 heavy (non-hydrogen) atoms. The van der Waals surface area contributed by atoms with E-state index in [2.05, 4.69) is 15.3 Å². The van der Waals surface area contributed by atoms with Crippen molar-refractivity contribution in [1.82, 2.24) is 9.97 Å². The van der Waals surface area contributed by atoms with Crippen molar-refractivity contribution in [3.05, 3.63) is 53.7 Å². The molecule has 2 aromatic rings. The van der Waals surface area contributed by atoms with Gasteiger partial charge in [0, 0.05) is 19.2 Å². The molecule has 0 saturated heterocycles. The maximum atomic E-state index is 13.0. The highest BCUT2D eigenvalue weighted by atomic mass is 19.1. The third kappa shape index (κ3) is 4.30. The summed E-state index contributed by atoms with van der Waals surface area (Å²) in [5.41, 5.74) is 7.32. The largest absolute Gasteiger partial charge is 0.370 e. The number of benzene rings is 1. The fourth-order valence-corrected chi connectivity index (χ4v) is 1.81. The Kier molecular flexibility index (Phi) is 4.80. The minimum Gasteiger partial charge on any atom is -0.370 e. The van der Waals surface area contributed by atoms with Gasteiger partial charge >= 0.3 is 0 Å². The molecule has 3 N–H and O–H groups in total. The van der Waals surface area contributed by atoms with E-state index < -0.39 is 0 Å². The number of nitrogens with zero attached hydrogens (tertiary/aromatic N) is 2. The Balaban J connectivity index is 1.77. The average Bonchev–Trinajstić information content (AvgIpc) is 2.44. The molecular formula is C14H17FN4. The van der Waals surface area contributed by atoms with Crippen LogP contribution in [-0.4, -0.2) is 16.5 Å². The van der Waals surface area contributed by atoms with E-state index in [1.54, 1.807) is 12.1 Å². The number of aryl methyl sites for hydroxylation is 1. The quantitative estimate of drug-likeness (QED) is 0.781. The van der Waals surface area contributed by atoms with Crippen molar-refractivity contribution >= 4 is 5.82 Å². The molecule has 4 nitrogen and oxygen atoms in total. The van der Waals surface area contributed by atoms with E-state index in [9.17, 15) is 4.39 Å². The van der Waals surface area contributed by atoms with Crippen molar-refractivity contribution in [2.24, 2.45) is 5.73 Å². The lowest BCUT2D eigenvalue weighted by atomic mass is 10.1. The van der Waals surface area contributed by atoms with Gasteiger partial charge in [0.1, 0.15) is 18.0 Å². The average molecular weight is 260 g/mol. The minimum atomic E-state index is -0.186. The van der Waals surface area contributed by atoms with E-state index in [1.807, 2.05) is 12.1 Å². The normalized spacial score (nSPS) is 10.4. The highest BCUT2D eigenvalue weighted by molar-refractivity contribution is 5.34. The molecule has 1 aromatic carbocycles. The van der Waals surface area contributed by atoms with Gasteiger partial charge in [-0.1, -0.05) is 12.1 Å². The van der Waals surface area contributed by atoms with Gasteiger partial charge in [0.25, 0.3) is 0 Å². The van der Waals surface area contributed by atoms with E-state index >= 15 is 0 Å². The van der Waals surface area contributed by atoms with Crippen LogP contribution in [0.3, 0.4) is 0 Å². The highest BCUT2D eigenvalue weighted by Crippen LogP contribution is 2.07. The molecule has 0 spiro atoms. The van der Waals surface area contributed by atoms with Crippen molar-refractivity contribution in [3.8, 4) is 0 Å². The molecule has 0 saturated carbocycles. The number of rotatable bonds is 6. The zero-order valence-electron chi connectivity index (χ0n) is 10.6. The highest BCUT2D eigenvalue weighted by Gasteiger charge is 1.98. The van der Waals surface area contributed by atoms with Crippen molar-refractivity contribution in [3.63, 3.8) is 0 Å². The predicted molar refractivity (Wildman–Crippen MR) is 73.1 cm³/mol. The van der Waals surface area contributed by atoms with Gasteiger partial charge < -0.3 is 11.1 Å². The van der Waals surface area contributed by atoms with Crippen LogP contribution in [0.5, 0.6) is 0 Å². The second-order valence-electron chi connectivity index (χ2n) is 4.26. The molecule has 2 rings (SSSR count). The molecule has 5 heteroatoms. The number of nitrogens with two attached hydrogens (primary N) is 1. The standard InChI is InChI=1S/C14H17FN4/c15-12-5-1-3-11(7-12)4-2-6-17-14-8-13(9-16)18-10-19-14/h1,3,5,7-8,10H,2,4,6,9,16H2,(H,17,18,19). The van der Waals surface area contributed by atoms with Crippen LogP contribution < -0.4 is 11.1 Å². The molecule has 0 aliphatic carbocycles. The van der Waals surface area contributed by atoms with E-state index in [1.165, 1.54) is 12.4 Å². The third-order valence-electron chi connectivity index (χ3n) is 2.77. The second kappa shape index (κ2) is 6.80. The summed E-state index contributed by atoms with van der Waals surface area (Å²) in [5, 5.41) is 3.20. The van der Waals surface area contributed by atoms with Crippen molar-refractivity contribution in [2.75, 3.05) is 11.9 Å². The Bertz CT molecular complexity index is 530. The Morgan fingerprint density at radius 1 is 1.21 bits per heavy atom. The van der Waals surface area contributed by atoms with Gasteiger partial charge in [-0.25, -0.2) is 14.4 Å². The lowest BCUT2D eigenvalue weighted by molar-refractivity contribution is 0.624. The van der Waals surface area contributed by atoms with Gasteiger partial charge in [-0.15, -0.1) is 0 Å². The SMILES string of the molecule is NCc1cc(NCCCc2cccc(F)c2)ncn1. The van der Waals surface area contributed by atoms with Crippen molar-refractivity contribution < 1.29 is 4.39 Å². The zero-order chi connectivity index (χ0) is 13.5. The van der Waals surface area contributed by atoms with Gasteiger partial charge in [0.15, 0.2) is 0 Å². The first-order chi connectivity index (χ1) is 9.28. The fraction of sp³-hybridized carbons (Fsp3) is 0.286. The van der Waals surface area contributed by atoms with Gasteiger partial charge in [0.2, 0.25) is 0 Å². The van der Waals surface area contributed by atoms with E-state index in [0.29, 0.717) is 6.54 Å². The first-order valence-electron chi connectivity index (χ1n) is 6.27. The van der Waals surface area contributed by atoms with E-state index in [-0.39, 0.29) is 5.82 Å². The Hall–Kier alpha value is -2.01. The maximum Gasteiger partial charge on any atom is 0.129 e. The van der Waals surface area contributed by atoms with Crippen LogP contribution in [0.1, 0.15) is 17.7 Å². The van der Waals surface area contributed by atoms with Crippen LogP contribution in [0.2, 0.25) is 0 Å². The summed E-state index contributed by atoms with van der Waals surface area (Å²) in [5.74, 6) is 0.587. The number of anilines is 1. The molecule has 1 aromatic heterocycles. The molecule has 0 unspecified atom stereocenters. The molecule has 0 aliphatic heterocycles. The Morgan fingerprint density at radius 3 is 2.89 bits per heavy atom. The molecule has 0 radical (unpaired) electrons. The third-order valence-corrected chi connectivity index (χ3v) is 2.77. The number of hydrogen-bond acceptors (Lipinski definition) is 4. The lowest BCUT2D eigenvalue weighted by Crippen LogP contribution is -2.07. The Labute approximate surface area is 111 Å². The van der Waals surface area contributed by atoms with Gasteiger partial charge in [0.05, 0.1) is 5.69 Å². The van der Waals surface area contributed by atoms with Crippen molar-refractivity contribution in [1.29, 1.82) is 0 Å². The second-order valence-corrected chi connectivity index (χ2v) is 4.26. The van der Waals surface area contributed by atoms with E-state index in [4.69, 9.17) is 5.73 Å². The van der Waals surface area contributed by atoms with Crippen LogP contribution in [0, 0.1) is 5.82 Å². The summed E-state index contributed by atoms with van der Waals surface area (Å²) in [6, 6.07) is 8.52. The monoisotopic (exact) mass is 260 g/mol. The number of aromatic nitrogens is 2. The number of hydrogen-bond donors (Lipinski definition) is 2. The molecule has 0 atom stereocenters. The maximum absolute atomic E-state index is 13.0. The van der Waals surface area contributed by atoms with Crippen LogP contribution >= 0.6 is 0 Å². The molecule has 0 fully saturated rings. The van der Waals surface area contributed by atoms with Crippen LogP contribution in [0.15, 0.2) is 36.7 Å². The summed E-state index contributed by atoms with van der Waals surface area (Å²) in [6.45, 7) is 1.18. The molecule has 100 valence electrons. The van der Waals surface area contributed by atoms with Crippen LogP contribution in [0.4, 0.5) is 10.2 Å². The summed E-state index contributed by atoms with van der Waals surface area (Å²) in [7, 11) is 0. The topological polar surface area (TPSA) is 63.8 Å². The molecule has 1 heterocycles. The lowest BCUT2D eigenvalue weighted by Gasteiger charge is -2.06. The zero-order valence-corrected chi connectivity index (χ0v) is 10.6. The fourth-order valence-electron chi connectivity index (χ4n) is 1.81. The summed E-state index contributed by atoms with van der Waals surface area (Å²) < 4.78 is 13.0. The summed E-state index contributed by atoms with van der Waals surface area (Å²) in [6.07, 6.45) is 3.24. The molecule has 0 bridgehead atoms. The van der Waals surface area contributed by atoms with Crippen LogP contribution in [0.25, 0.3) is 0 Å². The van der Waals surface area contributed by atoms with Gasteiger partial charge in [-0.05, 0) is 30.5 Å². The summed E-state index contributed by atoms with van der Waals surface area (Å²) >= 11 is 0. The molecule has 0 amide bonds. The Morgan fingerprint density at radius 2 is 2.11 bits per heavy atom. The van der Waals surface area contributed by atoms with E-state index in [0.717, 1.165) is 36.5 Å². The molecule has 0 aliphatic rings. The smallest absolute Gasteiger partial charge is 0.129 e. The predicted octanol–water partition coefficient (Wildman–Crippen LogP) is 2.12. The van der Waals surface area contributed by atoms with Crippen molar-refractivity contribution in [2.45, 2.75) is 19.4 Å². The summed E-state index contributed by atoms with van der Waals surface area (Å²) in [4.78, 5) is 8.13. The first kappa shape index (κ1) is 13.4. The van der Waals surface area contributed by atoms with Crippen LogP contribution in [-0.2, 0) is 13.0 Å². The molecular weight excluding hydrogens is 243 g/mol. The first-order valence-corrected chi connectivity index (χ1v) is 6.27. The van der Waals surface area contributed by atoms with Gasteiger partial charge in [-0.3, -0.25) is 0 Å². The number of nitrogens with one attached hydrogen (secondary N) is 1. The minimum absolute atomic E-state index is 0.186. The van der Waals surface area contributed by atoms with Gasteiger partial charge in [-0.2, -0.15) is 0 Å². The number of halogens is 1.